The molecular formula is C12H12ClF2N3O3S. The van der Waals surface area contributed by atoms with Crippen LogP contribution in [-0.4, -0.2) is 24.8 Å². The summed E-state index contributed by atoms with van der Waals surface area (Å²) in [5.74, 6) is -0.239. The highest BCUT2D eigenvalue weighted by Gasteiger charge is 2.20. The maximum Gasteiger partial charge on any atom is 0.387 e. The van der Waals surface area contributed by atoms with Crippen LogP contribution in [0.5, 0.6) is 5.75 Å². The Balaban J connectivity index is 2.27. The van der Waals surface area contributed by atoms with Gasteiger partial charge in [-0.1, -0.05) is 11.6 Å². The van der Waals surface area contributed by atoms with Crippen LogP contribution in [0, 0.1) is 6.92 Å². The molecule has 22 heavy (non-hydrogen) atoms. The van der Waals surface area contributed by atoms with Crippen molar-refractivity contribution in [2.75, 3.05) is 4.72 Å². The molecule has 0 amide bonds. The zero-order chi connectivity index (χ0) is 16.5. The fraction of sp³-hybridized carbons (Fsp3) is 0.250. The van der Waals surface area contributed by atoms with Gasteiger partial charge < -0.3 is 4.74 Å². The number of benzene rings is 1. The molecule has 0 fully saturated rings. The Hall–Kier alpha value is -1.87. The highest BCUT2D eigenvalue weighted by molar-refractivity contribution is 7.92. The Bertz CT molecular complexity index is 793. The summed E-state index contributed by atoms with van der Waals surface area (Å²) in [6.45, 7) is -1.41. The third kappa shape index (κ3) is 3.47. The molecule has 0 unspecified atom stereocenters. The lowest BCUT2D eigenvalue weighted by Crippen LogP contribution is -2.14. The van der Waals surface area contributed by atoms with Crippen LogP contribution in [0.1, 0.15) is 5.69 Å². The van der Waals surface area contributed by atoms with Gasteiger partial charge in [0.15, 0.2) is 0 Å². The molecular weight excluding hydrogens is 340 g/mol. The zero-order valence-corrected chi connectivity index (χ0v) is 13.1. The molecule has 1 heterocycles. The number of aryl methyl sites for hydroxylation is 1. The van der Waals surface area contributed by atoms with E-state index >= 15 is 0 Å². The van der Waals surface area contributed by atoms with Crippen molar-refractivity contribution < 1.29 is 21.9 Å². The highest BCUT2D eigenvalue weighted by atomic mass is 35.5. The number of halogens is 3. The monoisotopic (exact) mass is 351 g/mol. The van der Waals surface area contributed by atoms with Gasteiger partial charge in [0.25, 0.3) is 10.0 Å². The number of hydrogen-bond donors (Lipinski definition) is 1. The first-order valence-corrected chi connectivity index (χ1v) is 7.82. The van der Waals surface area contributed by atoms with Gasteiger partial charge in [-0.3, -0.25) is 9.40 Å². The number of sulfonamides is 1. The van der Waals surface area contributed by atoms with E-state index in [1.165, 1.54) is 23.0 Å². The largest absolute Gasteiger partial charge is 0.433 e. The fourth-order valence-electron chi connectivity index (χ4n) is 1.71. The number of hydrogen-bond acceptors (Lipinski definition) is 4. The lowest BCUT2D eigenvalue weighted by molar-refractivity contribution is -0.0497. The van der Waals surface area contributed by atoms with E-state index in [1.807, 2.05) is 0 Å². The summed E-state index contributed by atoms with van der Waals surface area (Å²) in [6.07, 6.45) is 1.22. The minimum Gasteiger partial charge on any atom is -0.433 e. The van der Waals surface area contributed by atoms with Gasteiger partial charge in [-0.25, -0.2) is 8.42 Å². The van der Waals surface area contributed by atoms with Gasteiger partial charge in [-0.2, -0.15) is 13.9 Å². The Morgan fingerprint density at radius 3 is 2.59 bits per heavy atom. The van der Waals surface area contributed by atoms with Crippen LogP contribution in [0.3, 0.4) is 0 Å². The van der Waals surface area contributed by atoms with Gasteiger partial charge in [0, 0.05) is 7.05 Å². The maximum atomic E-state index is 12.3. The number of ether oxygens (including phenoxy) is 1. The Morgan fingerprint density at radius 1 is 1.41 bits per heavy atom. The summed E-state index contributed by atoms with van der Waals surface area (Å²) in [5, 5.41) is 3.72. The van der Waals surface area contributed by atoms with Crippen LogP contribution in [0.25, 0.3) is 0 Å². The molecule has 0 bridgehead atoms. The zero-order valence-electron chi connectivity index (χ0n) is 11.5. The van der Waals surface area contributed by atoms with Crippen LogP contribution >= 0.6 is 11.6 Å². The molecule has 0 aliphatic rings. The van der Waals surface area contributed by atoms with Crippen molar-refractivity contribution in [3.63, 3.8) is 0 Å². The number of nitrogens with one attached hydrogen (secondary N) is 1. The molecule has 2 aromatic rings. The van der Waals surface area contributed by atoms with Crippen LogP contribution < -0.4 is 9.46 Å². The lowest BCUT2D eigenvalue weighted by atomic mass is 10.3. The topological polar surface area (TPSA) is 73.2 Å². The Kier molecular flexibility index (Phi) is 4.57. The van der Waals surface area contributed by atoms with E-state index in [9.17, 15) is 17.2 Å². The third-order valence-corrected chi connectivity index (χ3v) is 4.66. The molecule has 0 saturated carbocycles. The van der Waals surface area contributed by atoms with E-state index < -0.39 is 16.6 Å². The van der Waals surface area contributed by atoms with Gasteiger partial charge in [-0.15, -0.1) is 0 Å². The predicted octanol–water partition coefficient (Wildman–Crippen LogP) is 2.78. The van der Waals surface area contributed by atoms with Crippen molar-refractivity contribution in [2.45, 2.75) is 18.4 Å². The molecule has 1 aromatic carbocycles. The van der Waals surface area contributed by atoms with E-state index in [1.54, 1.807) is 14.0 Å². The van der Waals surface area contributed by atoms with E-state index in [2.05, 4.69) is 14.6 Å². The average Bonchev–Trinajstić information content (AvgIpc) is 2.73. The van der Waals surface area contributed by atoms with Crippen molar-refractivity contribution >= 4 is 27.3 Å². The van der Waals surface area contributed by atoms with Crippen LogP contribution in [0.15, 0.2) is 29.3 Å². The second-order valence-electron chi connectivity index (χ2n) is 4.35. The van der Waals surface area contributed by atoms with Gasteiger partial charge in [0.1, 0.15) is 10.6 Å². The molecule has 0 radical (unpaired) electrons. The molecule has 0 aliphatic carbocycles. The molecule has 1 aromatic heterocycles. The second-order valence-corrected chi connectivity index (χ2v) is 6.41. The Morgan fingerprint density at radius 2 is 2.09 bits per heavy atom. The lowest BCUT2D eigenvalue weighted by Gasteiger charge is -2.10. The molecule has 0 aliphatic heterocycles. The van der Waals surface area contributed by atoms with E-state index in [4.69, 9.17) is 11.6 Å². The fourth-order valence-corrected chi connectivity index (χ4v) is 3.19. The molecule has 2 rings (SSSR count). The summed E-state index contributed by atoms with van der Waals surface area (Å²) in [4.78, 5) is 0.0130. The molecule has 10 heteroatoms. The van der Waals surface area contributed by atoms with Gasteiger partial charge in [0.05, 0.1) is 22.6 Å². The Labute approximate surface area is 130 Å². The smallest absolute Gasteiger partial charge is 0.387 e. The minimum atomic E-state index is -3.86. The summed E-state index contributed by atoms with van der Waals surface area (Å²) in [6, 6.07) is 3.61. The van der Waals surface area contributed by atoms with Gasteiger partial charge in [0.2, 0.25) is 0 Å². The summed E-state index contributed by atoms with van der Waals surface area (Å²) < 4.78 is 56.7. The molecule has 0 spiro atoms. The van der Waals surface area contributed by atoms with Crippen molar-refractivity contribution in [3.05, 3.63) is 35.1 Å². The first-order chi connectivity index (χ1) is 10.2. The average molecular weight is 352 g/mol. The van der Waals surface area contributed by atoms with Crippen molar-refractivity contribution in [2.24, 2.45) is 7.05 Å². The standard InChI is InChI=1S/C12H12ClF2N3O3S/c1-7-11(6-16-18(7)2)22(19,20)17-8-3-4-10(9(13)5-8)21-12(14)15/h3-6,12,17H,1-2H3. The van der Waals surface area contributed by atoms with Gasteiger partial charge >= 0.3 is 6.61 Å². The molecule has 6 nitrogen and oxygen atoms in total. The highest BCUT2D eigenvalue weighted by Crippen LogP contribution is 2.30. The van der Waals surface area contributed by atoms with Crippen molar-refractivity contribution in [1.29, 1.82) is 0 Å². The van der Waals surface area contributed by atoms with Crippen LogP contribution in [0.2, 0.25) is 5.02 Å². The van der Waals surface area contributed by atoms with E-state index in [-0.39, 0.29) is 21.4 Å². The van der Waals surface area contributed by atoms with Crippen LogP contribution in [0.4, 0.5) is 14.5 Å². The minimum absolute atomic E-state index is 0.0130. The van der Waals surface area contributed by atoms with Crippen LogP contribution in [-0.2, 0) is 17.1 Å². The summed E-state index contributed by atoms with van der Waals surface area (Å²) in [7, 11) is -2.24. The summed E-state index contributed by atoms with van der Waals surface area (Å²) >= 11 is 5.77. The first-order valence-electron chi connectivity index (χ1n) is 5.96. The quantitative estimate of drug-likeness (QED) is 0.899. The summed E-state index contributed by atoms with van der Waals surface area (Å²) in [5.41, 5.74) is 0.575. The molecule has 120 valence electrons. The second kappa shape index (κ2) is 6.09. The van der Waals surface area contributed by atoms with E-state index in [0.29, 0.717) is 5.69 Å². The molecule has 0 atom stereocenters. The number of aromatic nitrogens is 2. The van der Waals surface area contributed by atoms with Gasteiger partial charge in [-0.05, 0) is 25.1 Å². The van der Waals surface area contributed by atoms with E-state index in [0.717, 1.165) is 6.07 Å². The number of alkyl halides is 2. The number of anilines is 1. The van der Waals surface area contributed by atoms with Crippen molar-refractivity contribution in [1.82, 2.24) is 9.78 Å². The number of rotatable bonds is 5. The normalized spacial score (nSPS) is 11.7. The molecule has 1 N–H and O–H groups in total. The predicted molar refractivity (Wildman–Crippen MR) is 76.8 cm³/mol. The first kappa shape index (κ1) is 16.5. The van der Waals surface area contributed by atoms with Crippen molar-refractivity contribution in [3.8, 4) is 5.75 Å². The maximum absolute atomic E-state index is 12.3. The third-order valence-electron chi connectivity index (χ3n) is 2.88. The molecule has 0 saturated heterocycles. The SMILES string of the molecule is Cc1c(S(=O)(=O)Nc2ccc(OC(F)F)c(Cl)c2)cnn1C. The number of nitrogens with zero attached hydrogens (tertiary/aromatic N) is 2.